The highest BCUT2D eigenvalue weighted by atomic mass is 16.1. The Kier molecular flexibility index (Phi) is 5.21. The SMILES string of the molecule is CC(C)(c1ccc(Nc2nn(C3CCCCC3C#N)c3cc[nH]c(=O)c23)cc1)n1nccn1. The zero-order valence-electron chi connectivity index (χ0n) is 18.7. The minimum atomic E-state index is -0.402. The Bertz CT molecular complexity index is 1360. The highest BCUT2D eigenvalue weighted by Gasteiger charge is 2.30. The minimum absolute atomic E-state index is 0.0339. The molecule has 0 saturated heterocycles. The number of fused-ring (bicyclic) bond motifs is 1. The average molecular weight is 443 g/mol. The van der Waals surface area contributed by atoms with Crippen LogP contribution in [0.25, 0.3) is 10.9 Å². The third-order valence-electron chi connectivity index (χ3n) is 6.61. The molecule has 2 unspecified atom stereocenters. The minimum Gasteiger partial charge on any atom is -0.338 e. The number of aromatic amines is 1. The third-order valence-corrected chi connectivity index (χ3v) is 6.61. The largest absolute Gasteiger partial charge is 0.338 e. The normalized spacial score (nSPS) is 18.8. The van der Waals surface area contributed by atoms with Gasteiger partial charge in [-0.2, -0.15) is 25.4 Å². The van der Waals surface area contributed by atoms with Gasteiger partial charge in [0.05, 0.1) is 35.9 Å². The van der Waals surface area contributed by atoms with Crippen LogP contribution >= 0.6 is 0 Å². The van der Waals surface area contributed by atoms with Crippen molar-refractivity contribution in [1.82, 2.24) is 29.8 Å². The first-order chi connectivity index (χ1) is 16.0. The molecule has 9 heteroatoms. The van der Waals surface area contributed by atoms with Crippen molar-refractivity contribution >= 4 is 22.4 Å². The molecule has 1 aliphatic rings. The number of nitrogens with zero attached hydrogens (tertiary/aromatic N) is 6. The first-order valence-electron chi connectivity index (χ1n) is 11.2. The van der Waals surface area contributed by atoms with Crippen molar-refractivity contribution in [1.29, 1.82) is 5.26 Å². The van der Waals surface area contributed by atoms with Crippen LogP contribution in [-0.2, 0) is 5.54 Å². The van der Waals surface area contributed by atoms with E-state index in [1.807, 2.05) is 35.0 Å². The van der Waals surface area contributed by atoms with Gasteiger partial charge in [0.1, 0.15) is 10.9 Å². The highest BCUT2D eigenvalue weighted by molar-refractivity contribution is 5.91. The van der Waals surface area contributed by atoms with E-state index in [0.717, 1.165) is 42.5 Å². The van der Waals surface area contributed by atoms with Gasteiger partial charge in [-0.1, -0.05) is 25.0 Å². The topological polar surface area (TPSA) is 117 Å². The van der Waals surface area contributed by atoms with E-state index in [4.69, 9.17) is 5.10 Å². The van der Waals surface area contributed by atoms with E-state index in [1.54, 1.807) is 23.4 Å². The van der Waals surface area contributed by atoms with E-state index >= 15 is 0 Å². The maximum absolute atomic E-state index is 12.7. The molecular weight excluding hydrogens is 416 g/mol. The summed E-state index contributed by atoms with van der Waals surface area (Å²) in [5.74, 6) is 0.390. The number of nitrogens with one attached hydrogen (secondary N) is 2. The summed E-state index contributed by atoms with van der Waals surface area (Å²) in [6.07, 6.45) is 8.81. The van der Waals surface area contributed by atoms with Gasteiger partial charge < -0.3 is 10.3 Å². The zero-order valence-corrected chi connectivity index (χ0v) is 18.7. The van der Waals surface area contributed by atoms with Crippen molar-refractivity contribution in [3.8, 4) is 6.07 Å². The number of hydrogen-bond acceptors (Lipinski definition) is 6. The molecule has 0 spiro atoms. The second-order valence-corrected chi connectivity index (χ2v) is 9.03. The molecule has 4 aromatic rings. The average Bonchev–Trinajstić information content (AvgIpc) is 3.49. The first kappa shape index (κ1) is 20.9. The number of aromatic nitrogens is 6. The molecule has 0 bridgehead atoms. The number of hydrogen-bond donors (Lipinski definition) is 2. The van der Waals surface area contributed by atoms with Gasteiger partial charge in [0, 0.05) is 11.9 Å². The molecule has 0 radical (unpaired) electrons. The van der Waals surface area contributed by atoms with E-state index in [-0.39, 0.29) is 17.5 Å². The molecule has 2 N–H and O–H groups in total. The fourth-order valence-corrected chi connectivity index (χ4v) is 4.71. The number of benzene rings is 1. The van der Waals surface area contributed by atoms with Crippen molar-refractivity contribution in [2.24, 2.45) is 5.92 Å². The highest BCUT2D eigenvalue weighted by Crippen LogP contribution is 2.36. The molecular formula is C24H26N8O. The quantitative estimate of drug-likeness (QED) is 0.481. The Labute approximate surface area is 191 Å². The van der Waals surface area contributed by atoms with E-state index in [1.165, 1.54) is 0 Å². The molecule has 1 fully saturated rings. The van der Waals surface area contributed by atoms with Crippen molar-refractivity contribution in [3.63, 3.8) is 0 Å². The van der Waals surface area contributed by atoms with E-state index in [2.05, 4.69) is 40.4 Å². The molecule has 2 atom stereocenters. The van der Waals surface area contributed by atoms with Crippen molar-refractivity contribution in [2.75, 3.05) is 5.32 Å². The molecule has 3 aromatic heterocycles. The Morgan fingerprint density at radius 2 is 1.85 bits per heavy atom. The maximum atomic E-state index is 12.7. The summed E-state index contributed by atoms with van der Waals surface area (Å²) in [6.45, 7) is 4.11. The van der Waals surface area contributed by atoms with E-state index < -0.39 is 5.54 Å². The molecule has 3 heterocycles. The van der Waals surface area contributed by atoms with Crippen LogP contribution in [0.4, 0.5) is 11.5 Å². The molecule has 1 saturated carbocycles. The van der Waals surface area contributed by atoms with Gasteiger partial charge in [-0.25, -0.2) is 0 Å². The van der Waals surface area contributed by atoms with Crippen molar-refractivity contribution < 1.29 is 0 Å². The number of anilines is 2. The van der Waals surface area contributed by atoms with Gasteiger partial charge in [0.2, 0.25) is 0 Å². The standard InChI is InChI=1S/C24H26N8O/c1-24(2,32-27-13-14-28-32)17-7-9-18(10-8-17)29-22-21-20(11-12-26-23(21)33)31(30-22)19-6-4-3-5-16(19)15-25/h7-14,16,19H,3-6H2,1-2H3,(H,26,33)(H,29,30). The van der Waals surface area contributed by atoms with Crippen LogP contribution in [0.5, 0.6) is 0 Å². The summed E-state index contributed by atoms with van der Waals surface area (Å²) >= 11 is 0. The van der Waals surface area contributed by atoms with Gasteiger partial charge >= 0.3 is 0 Å². The molecule has 9 nitrogen and oxygen atoms in total. The lowest BCUT2D eigenvalue weighted by atomic mass is 9.85. The Morgan fingerprint density at radius 3 is 2.58 bits per heavy atom. The molecule has 0 aliphatic heterocycles. The number of nitriles is 1. The van der Waals surface area contributed by atoms with Crippen LogP contribution in [0.2, 0.25) is 0 Å². The summed E-state index contributed by atoms with van der Waals surface area (Å²) in [7, 11) is 0. The number of rotatable bonds is 5. The van der Waals surface area contributed by atoms with Crippen LogP contribution in [0.3, 0.4) is 0 Å². The summed E-state index contributed by atoms with van der Waals surface area (Å²) in [5.41, 5.74) is 2.01. The summed E-state index contributed by atoms with van der Waals surface area (Å²) in [4.78, 5) is 17.2. The lowest BCUT2D eigenvalue weighted by Gasteiger charge is -2.27. The Balaban J connectivity index is 1.50. The fraction of sp³-hybridized carbons (Fsp3) is 0.375. The fourth-order valence-electron chi connectivity index (χ4n) is 4.71. The second-order valence-electron chi connectivity index (χ2n) is 9.03. The first-order valence-corrected chi connectivity index (χ1v) is 11.2. The Hall–Kier alpha value is -3.93. The van der Waals surface area contributed by atoms with Crippen LogP contribution in [0.1, 0.15) is 51.1 Å². The van der Waals surface area contributed by atoms with Crippen LogP contribution in [0.15, 0.2) is 53.7 Å². The molecule has 168 valence electrons. The lowest BCUT2D eigenvalue weighted by Crippen LogP contribution is -2.29. The number of pyridine rings is 1. The maximum Gasteiger partial charge on any atom is 0.261 e. The molecule has 1 aromatic carbocycles. The van der Waals surface area contributed by atoms with Crippen molar-refractivity contribution in [3.05, 3.63) is 64.8 Å². The summed E-state index contributed by atoms with van der Waals surface area (Å²) < 4.78 is 1.88. The summed E-state index contributed by atoms with van der Waals surface area (Å²) in [6, 6.07) is 12.2. The van der Waals surface area contributed by atoms with E-state index in [0.29, 0.717) is 11.2 Å². The van der Waals surface area contributed by atoms with Gasteiger partial charge in [-0.3, -0.25) is 9.48 Å². The van der Waals surface area contributed by atoms with Crippen LogP contribution < -0.4 is 10.9 Å². The molecule has 1 aliphatic carbocycles. The van der Waals surface area contributed by atoms with Gasteiger partial charge in [-0.15, -0.1) is 0 Å². The smallest absolute Gasteiger partial charge is 0.261 e. The molecule has 0 amide bonds. The lowest BCUT2D eigenvalue weighted by molar-refractivity contribution is 0.277. The van der Waals surface area contributed by atoms with Crippen molar-refractivity contribution in [2.45, 2.75) is 51.1 Å². The zero-order chi connectivity index (χ0) is 23.0. The van der Waals surface area contributed by atoms with E-state index in [9.17, 15) is 10.1 Å². The third kappa shape index (κ3) is 3.67. The molecule has 33 heavy (non-hydrogen) atoms. The predicted molar refractivity (Wildman–Crippen MR) is 125 cm³/mol. The van der Waals surface area contributed by atoms with Crippen LogP contribution in [-0.4, -0.2) is 29.8 Å². The monoisotopic (exact) mass is 442 g/mol. The van der Waals surface area contributed by atoms with Gasteiger partial charge in [0.25, 0.3) is 5.56 Å². The Morgan fingerprint density at radius 1 is 1.12 bits per heavy atom. The molecule has 5 rings (SSSR count). The van der Waals surface area contributed by atoms with Gasteiger partial charge in [0.15, 0.2) is 5.82 Å². The van der Waals surface area contributed by atoms with Crippen LogP contribution in [0, 0.1) is 17.2 Å². The number of H-pyrrole nitrogens is 1. The second kappa shape index (κ2) is 8.20. The summed E-state index contributed by atoms with van der Waals surface area (Å²) in [5, 5.41) is 26.8. The predicted octanol–water partition coefficient (Wildman–Crippen LogP) is 4.10. The van der Waals surface area contributed by atoms with Gasteiger partial charge in [-0.05, 0) is 50.5 Å².